The zero-order valence-corrected chi connectivity index (χ0v) is 19.3. The molecule has 0 saturated heterocycles. The van der Waals surface area contributed by atoms with E-state index < -0.39 is 0 Å². The highest BCUT2D eigenvalue weighted by molar-refractivity contribution is 8.01. The number of nitrogens with zero attached hydrogens (tertiary/aromatic N) is 2. The van der Waals surface area contributed by atoms with Crippen LogP contribution < -0.4 is 15.4 Å². The molecule has 0 aliphatic carbocycles. The fraction of sp³-hybridized carbons (Fsp3) is 0.0833. The van der Waals surface area contributed by atoms with E-state index in [0.717, 1.165) is 5.69 Å². The fourth-order valence-electron chi connectivity index (χ4n) is 2.92. The number of carbonyl (C=O) groups excluding carboxylic acids is 2. The van der Waals surface area contributed by atoms with Crippen LogP contribution in [0.2, 0.25) is 0 Å². The fourth-order valence-corrected chi connectivity index (χ4v) is 4.58. The first-order valence-corrected chi connectivity index (χ1v) is 11.8. The number of Topliss-reactive ketones (excluding diaryl/α,β-unsaturated/α-hetero) is 1. The highest BCUT2D eigenvalue weighted by Crippen LogP contribution is 2.31. The summed E-state index contributed by atoms with van der Waals surface area (Å²) in [6.07, 6.45) is 0. The first-order valence-electron chi connectivity index (χ1n) is 9.98. The average Bonchev–Trinajstić information content (AvgIpc) is 3.31. The Bertz CT molecular complexity index is 1240. The van der Waals surface area contributed by atoms with Gasteiger partial charge >= 0.3 is 0 Å². The zero-order chi connectivity index (χ0) is 23.0. The Morgan fingerprint density at radius 1 is 0.909 bits per heavy atom. The Morgan fingerprint density at radius 2 is 1.64 bits per heavy atom. The third kappa shape index (κ3) is 5.97. The largest absolute Gasteiger partial charge is 0.495 e. The number of nitrogens with one attached hydrogen (secondary N) is 2. The van der Waals surface area contributed by atoms with Gasteiger partial charge in [-0.3, -0.25) is 9.59 Å². The lowest BCUT2D eigenvalue weighted by Gasteiger charge is -2.07. The number of benzene rings is 3. The van der Waals surface area contributed by atoms with Crippen molar-refractivity contribution < 1.29 is 14.3 Å². The van der Waals surface area contributed by atoms with Crippen LogP contribution in [0.4, 0.5) is 16.5 Å². The number of ether oxygens (including phenoxy) is 1. The standard InChI is InChI=1S/C24H20N4O3S2/c1-31-21-10-6-5-9-19(21)26-23-27-28-24(33-23)32-15-20(29)16-11-13-18(14-12-16)25-22(30)17-7-3-2-4-8-17/h2-14H,15H2,1H3,(H,25,30)(H,26,27). The minimum Gasteiger partial charge on any atom is -0.495 e. The van der Waals surface area contributed by atoms with Gasteiger partial charge in [-0.1, -0.05) is 53.4 Å². The third-order valence-corrected chi connectivity index (χ3v) is 6.55. The Kier molecular flexibility index (Phi) is 7.33. The summed E-state index contributed by atoms with van der Waals surface area (Å²) in [7, 11) is 1.61. The van der Waals surface area contributed by atoms with Crippen molar-refractivity contribution in [2.75, 3.05) is 23.5 Å². The predicted molar refractivity (Wildman–Crippen MR) is 132 cm³/mol. The molecule has 0 saturated carbocycles. The minimum absolute atomic E-state index is 0.0321. The molecule has 4 aromatic rings. The molecule has 0 aliphatic heterocycles. The van der Waals surface area contributed by atoms with Gasteiger partial charge < -0.3 is 15.4 Å². The number of hydrogen-bond acceptors (Lipinski definition) is 8. The maximum atomic E-state index is 12.6. The molecule has 0 aliphatic rings. The van der Waals surface area contributed by atoms with Gasteiger partial charge in [0.25, 0.3) is 5.91 Å². The maximum absolute atomic E-state index is 12.6. The zero-order valence-electron chi connectivity index (χ0n) is 17.6. The average molecular weight is 477 g/mol. The highest BCUT2D eigenvalue weighted by Gasteiger charge is 2.12. The van der Waals surface area contributed by atoms with Crippen LogP contribution in [0, 0.1) is 0 Å². The Hall–Kier alpha value is -3.69. The van der Waals surface area contributed by atoms with Crippen molar-refractivity contribution in [2.24, 2.45) is 0 Å². The lowest BCUT2D eigenvalue weighted by molar-refractivity contribution is 0.101. The monoisotopic (exact) mass is 476 g/mol. The SMILES string of the molecule is COc1ccccc1Nc1nnc(SCC(=O)c2ccc(NC(=O)c3ccccc3)cc2)s1. The van der Waals surface area contributed by atoms with Crippen LogP contribution in [0.3, 0.4) is 0 Å². The molecule has 3 aromatic carbocycles. The molecule has 1 heterocycles. The van der Waals surface area contributed by atoms with E-state index in [2.05, 4.69) is 20.8 Å². The molecule has 7 nitrogen and oxygen atoms in total. The van der Waals surface area contributed by atoms with Crippen LogP contribution in [0.1, 0.15) is 20.7 Å². The smallest absolute Gasteiger partial charge is 0.255 e. The van der Waals surface area contributed by atoms with Crippen LogP contribution in [0.15, 0.2) is 83.2 Å². The van der Waals surface area contributed by atoms with Gasteiger partial charge in [-0.05, 0) is 48.5 Å². The van der Waals surface area contributed by atoms with Crippen LogP contribution >= 0.6 is 23.1 Å². The van der Waals surface area contributed by atoms with Crippen molar-refractivity contribution in [3.05, 3.63) is 90.0 Å². The topological polar surface area (TPSA) is 93.2 Å². The Labute approximate surface area is 199 Å². The van der Waals surface area contributed by atoms with Crippen LogP contribution in [0.25, 0.3) is 0 Å². The molecule has 4 rings (SSSR count). The first-order chi connectivity index (χ1) is 16.1. The number of amides is 1. The molecule has 0 fully saturated rings. The van der Waals surface area contributed by atoms with E-state index in [9.17, 15) is 9.59 Å². The van der Waals surface area contributed by atoms with Gasteiger partial charge in [-0.2, -0.15) is 0 Å². The summed E-state index contributed by atoms with van der Waals surface area (Å²) < 4.78 is 6.01. The van der Waals surface area contributed by atoms with Crippen molar-refractivity contribution in [3.8, 4) is 5.75 Å². The van der Waals surface area contributed by atoms with E-state index >= 15 is 0 Å². The van der Waals surface area contributed by atoms with Gasteiger partial charge in [0, 0.05) is 16.8 Å². The second kappa shape index (κ2) is 10.8. The summed E-state index contributed by atoms with van der Waals surface area (Å²) in [5, 5.41) is 14.9. The van der Waals surface area contributed by atoms with E-state index in [1.807, 2.05) is 42.5 Å². The van der Waals surface area contributed by atoms with Gasteiger partial charge in [-0.15, -0.1) is 10.2 Å². The Balaban J connectivity index is 1.30. The number of thioether (sulfide) groups is 1. The van der Waals surface area contributed by atoms with Crippen LogP contribution in [-0.2, 0) is 0 Å². The maximum Gasteiger partial charge on any atom is 0.255 e. The summed E-state index contributed by atoms with van der Waals surface area (Å²) in [6.45, 7) is 0. The first kappa shape index (κ1) is 22.5. The Morgan fingerprint density at radius 3 is 2.39 bits per heavy atom. The number of hydrogen-bond donors (Lipinski definition) is 2. The third-order valence-electron chi connectivity index (χ3n) is 4.58. The normalized spacial score (nSPS) is 10.5. The van der Waals surface area contributed by atoms with E-state index in [4.69, 9.17) is 4.74 Å². The number of carbonyl (C=O) groups is 2. The number of aromatic nitrogens is 2. The molecule has 0 atom stereocenters. The molecule has 2 N–H and O–H groups in total. The van der Waals surface area contributed by atoms with E-state index in [0.29, 0.717) is 32.0 Å². The highest BCUT2D eigenvalue weighted by atomic mass is 32.2. The summed E-state index contributed by atoms with van der Waals surface area (Å²) in [5.41, 5.74) is 2.57. The van der Waals surface area contributed by atoms with Crippen molar-refractivity contribution in [1.82, 2.24) is 10.2 Å². The van der Waals surface area contributed by atoms with Gasteiger partial charge in [0.05, 0.1) is 18.6 Å². The summed E-state index contributed by atoms with van der Waals surface area (Å²) >= 11 is 2.70. The van der Waals surface area contributed by atoms with Crippen LogP contribution in [0.5, 0.6) is 5.75 Å². The molecule has 0 bridgehead atoms. The molecule has 166 valence electrons. The van der Waals surface area contributed by atoms with Gasteiger partial charge in [0.15, 0.2) is 10.1 Å². The molecular weight excluding hydrogens is 456 g/mol. The number of anilines is 3. The molecule has 0 unspecified atom stereocenters. The van der Waals surface area contributed by atoms with Crippen molar-refractivity contribution in [3.63, 3.8) is 0 Å². The second-order valence-corrected chi connectivity index (χ2v) is 9.01. The summed E-state index contributed by atoms with van der Waals surface area (Å²) in [5.74, 6) is 0.717. The van der Waals surface area contributed by atoms with Gasteiger partial charge in [-0.25, -0.2) is 0 Å². The molecule has 9 heteroatoms. The second-order valence-electron chi connectivity index (χ2n) is 6.81. The molecule has 33 heavy (non-hydrogen) atoms. The van der Waals surface area contributed by atoms with E-state index in [-0.39, 0.29) is 17.4 Å². The molecule has 1 amide bonds. The summed E-state index contributed by atoms with van der Waals surface area (Å²) in [4.78, 5) is 24.8. The molecule has 1 aromatic heterocycles. The number of para-hydroxylation sites is 2. The van der Waals surface area contributed by atoms with Crippen molar-refractivity contribution in [1.29, 1.82) is 0 Å². The van der Waals surface area contributed by atoms with E-state index in [1.54, 1.807) is 43.5 Å². The lowest BCUT2D eigenvalue weighted by atomic mass is 10.1. The molecule has 0 radical (unpaired) electrons. The minimum atomic E-state index is -0.195. The lowest BCUT2D eigenvalue weighted by Crippen LogP contribution is -2.11. The van der Waals surface area contributed by atoms with E-state index in [1.165, 1.54) is 23.1 Å². The van der Waals surface area contributed by atoms with Crippen molar-refractivity contribution in [2.45, 2.75) is 4.34 Å². The molecular formula is C24H20N4O3S2. The van der Waals surface area contributed by atoms with Gasteiger partial charge in [0.1, 0.15) is 5.75 Å². The summed E-state index contributed by atoms with van der Waals surface area (Å²) in [6, 6.07) is 23.4. The predicted octanol–water partition coefficient (Wildman–Crippen LogP) is 5.52. The number of rotatable bonds is 9. The van der Waals surface area contributed by atoms with Crippen LogP contribution in [-0.4, -0.2) is 34.8 Å². The quantitative estimate of drug-likeness (QED) is 0.243. The molecule has 0 spiro atoms. The number of methoxy groups -OCH3 is 1. The number of ketones is 1. The van der Waals surface area contributed by atoms with Crippen molar-refractivity contribution >= 4 is 51.3 Å². The van der Waals surface area contributed by atoms with Gasteiger partial charge in [0.2, 0.25) is 5.13 Å².